The number of ether oxygens (including phenoxy) is 1. The summed E-state index contributed by atoms with van der Waals surface area (Å²) in [6, 6.07) is 22.2. The Bertz CT molecular complexity index is 1210. The third kappa shape index (κ3) is 4.55. The largest absolute Gasteiger partial charge is 0.456 e. The lowest BCUT2D eigenvalue weighted by Gasteiger charge is -2.11. The summed E-state index contributed by atoms with van der Waals surface area (Å²) in [5.41, 5.74) is 1.69. The number of halogens is 2. The number of hydrogen-bond acceptors (Lipinski definition) is 4. The van der Waals surface area contributed by atoms with Crippen LogP contribution in [0.25, 0.3) is 11.3 Å². The molecule has 0 spiro atoms. The van der Waals surface area contributed by atoms with Crippen molar-refractivity contribution in [1.29, 1.82) is 0 Å². The molecule has 7 heteroatoms. The van der Waals surface area contributed by atoms with Crippen LogP contribution in [0.2, 0.25) is 5.02 Å². The van der Waals surface area contributed by atoms with Gasteiger partial charge >= 0.3 is 0 Å². The first-order chi connectivity index (χ1) is 14.1. The van der Waals surface area contributed by atoms with Crippen LogP contribution >= 0.6 is 27.5 Å². The van der Waals surface area contributed by atoms with Gasteiger partial charge in [-0.3, -0.25) is 4.79 Å². The van der Waals surface area contributed by atoms with Crippen molar-refractivity contribution in [2.45, 2.75) is 6.54 Å². The fourth-order valence-corrected chi connectivity index (χ4v) is 3.37. The average Bonchev–Trinajstić information content (AvgIpc) is 2.73. The SMILES string of the molecule is O=c1c(-c2ccccc2)ncnn1Cc1ccc(Cl)c(Oc2cccc(Br)c2)c1. The molecule has 0 N–H and O–H groups in total. The first kappa shape index (κ1) is 19.4. The van der Waals surface area contributed by atoms with E-state index in [0.717, 1.165) is 15.6 Å². The number of rotatable bonds is 5. The van der Waals surface area contributed by atoms with Crippen molar-refractivity contribution in [2.75, 3.05) is 0 Å². The molecule has 0 radical (unpaired) electrons. The maximum Gasteiger partial charge on any atom is 0.293 e. The number of benzene rings is 3. The first-order valence-corrected chi connectivity index (χ1v) is 9.96. The Kier molecular flexibility index (Phi) is 5.74. The van der Waals surface area contributed by atoms with Gasteiger partial charge in [0.2, 0.25) is 0 Å². The van der Waals surface area contributed by atoms with Crippen LogP contribution in [0.15, 0.2) is 88.4 Å². The topological polar surface area (TPSA) is 57.0 Å². The second kappa shape index (κ2) is 8.59. The van der Waals surface area contributed by atoms with E-state index in [1.807, 2.05) is 60.7 Å². The maximum atomic E-state index is 12.8. The Morgan fingerprint density at radius 2 is 1.83 bits per heavy atom. The van der Waals surface area contributed by atoms with Gasteiger partial charge in [-0.05, 0) is 35.9 Å². The molecule has 29 heavy (non-hydrogen) atoms. The molecule has 144 valence electrons. The zero-order valence-electron chi connectivity index (χ0n) is 15.1. The summed E-state index contributed by atoms with van der Waals surface area (Å²) in [6.45, 7) is 0.271. The fraction of sp³-hybridized carbons (Fsp3) is 0.0455. The van der Waals surface area contributed by atoms with Crippen molar-refractivity contribution in [3.8, 4) is 22.8 Å². The molecule has 4 aromatic rings. The molecule has 0 bridgehead atoms. The third-order valence-electron chi connectivity index (χ3n) is 4.21. The van der Waals surface area contributed by atoms with Gasteiger partial charge in [0.15, 0.2) is 0 Å². The molecule has 0 aliphatic heterocycles. The highest BCUT2D eigenvalue weighted by molar-refractivity contribution is 9.10. The van der Waals surface area contributed by atoms with E-state index in [1.54, 1.807) is 12.1 Å². The Morgan fingerprint density at radius 1 is 1.00 bits per heavy atom. The van der Waals surface area contributed by atoms with Gasteiger partial charge in [-0.25, -0.2) is 9.67 Å². The van der Waals surface area contributed by atoms with Crippen LogP contribution in [-0.4, -0.2) is 14.8 Å². The molecule has 5 nitrogen and oxygen atoms in total. The zero-order valence-corrected chi connectivity index (χ0v) is 17.5. The molecule has 0 fully saturated rings. The Hall–Kier alpha value is -2.96. The highest BCUT2D eigenvalue weighted by Crippen LogP contribution is 2.31. The quantitative estimate of drug-likeness (QED) is 0.385. The summed E-state index contributed by atoms with van der Waals surface area (Å²) in [4.78, 5) is 17.0. The van der Waals surface area contributed by atoms with Crippen molar-refractivity contribution in [3.05, 3.63) is 105 Å². The van der Waals surface area contributed by atoms with Gasteiger partial charge in [0.25, 0.3) is 5.56 Å². The minimum Gasteiger partial charge on any atom is -0.456 e. The molecule has 0 amide bonds. The van der Waals surface area contributed by atoms with Gasteiger partial charge in [-0.1, -0.05) is 70.0 Å². The van der Waals surface area contributed by atoms with E-state index in [-0.39, 0.29) is 12.1 Å². The van der Waals surface area contributed by atoms with E-state index in [2.05, 4.69) is 26.0 Å². The Balaban J connectivity index is 1.63. The molecular formula is C22H15BrClN3O2. The standard InChI is InChI=1S/C22H15BrClN3O2/c23-17-7-4-8-18(12-17)29-20-11-15(9-10-19(20)24)13-27-22(28)21(25-14-26-27)16-5-2-1-3-6-16/h1-12,14H,13H2. The highest BCUT2D eigenvalue weighted by Gasteiger charge is 2.11. The van der Waals surface area contributed by atoms with Crippen LogP contribution in [0, 0.1) is 0 Å². The third-order valence-corrected chi connectivity index (χ3v) is 5.02. The predicted molar refractivity (Wildman–Crippen MR) is 116 cm³/mol. The van der Waals surface area contributed by atoms with Gasteiger partial charge in [-0.15, -0.1) is 0 Å². The monoisotopic (exact) mass is 467 g/mol. The average molecular weight is 469 g/mol. The van der Waals surface area contributed by atoms with Gasteiger partial charge < -0.3 is 4.74 Å². The van der Waals surface area contributed by atoms with Crippen LogP contribution in [0.4, 0.5) is 0 Å². The molecule has 0 atom stereocenters. The molecule has 0 aliphatic rings. The molecule has 0 aliphatic carbocycles. The van der Waals surface area contributed by atoms with Crippen LogP contribution in [0.3, 0.4) is 0 Å². The number of aromatic nitrogens is 3. The summed E-state index contributed by atoms with van der Waals surface area (Å²) in [7, 11) is 0. The van der Waals surface area contributed by atoms with Crippen molar-refractivity contribution in [1.82, 2.24) is 14.8 Å². The van der Waals surface area contributed by atoms with E-state index in [0.29, 0.717) is 22.2 Å². The van der Waals surface area contributed by atoms with Crippen molar-refractivity contribution < 1.29 is 4.74 Å². The molecular weight excluding hydrogens is 454 g/mol. The van der Waals surface area contributed by atoms with Gasteiger partial charge in [0, 0.05) is 10.0 Å². The van der Waals surface area contributed by atoms with E-state index in [1.165, 1.54) is 11.0 Å². The molecule has 1 heterocycles. The minimum absolute atomic E-state index is 0.261. The van der Waals surface area contributed by atoms with E-state index < -0.39 is 0 Å². The molecule has 0 saturated heterocycles. The maximum absolute atomic E-state index is 12.8. The van der Waals surface area contributed by atoms with Crippen LogP contribution in [0.1, 0.15) is 5.56 Å². The van der Waals surface area contributed by atoms with Crippen LogP contribution in [0.5, 0.6) is 11.5 Å². The summed E-state index contributed by atoms with van der Waals surface area (Å²) in [6.07, 6.45) is 1.39. The number of nitrogens with zero attached hydrogens (tertiary/aromatic N) is 3. The molecule has 4 rings (SSSR count). The molecule has 3 aromatic carbocycles. The van der Waals surface area contributed by atoms with Crippen molar-refractivity contribution in [3.63, 3.8) is 0 Å². The summed E-state index contributed by atoms with van der Waals surface area (Å²) >= 11 is 9.72. The van der Waals surface area contributed by atoms with E-state index >= 15 is 0 Å². The zero-order chi connectivity index (χ0) is 20.2. The Morgan fingerprint density at radius 3 is 2.62 bits per heavy atom. The predicted octanol–water partition coefficient (Wildman–Crippen LogP) is 5.56. The lowest BCUT2D eigenvalue weighted by molar-refractivity contribution is 0.481. The number of hydrogen-bond donors (Lipinski definition) is 0. The fourth-order valence-electron chi connectivity index (χ4n) is 2.84. The van der Waals surface area contributed by atoms with Crippen molar-refractivity contribution >= 4 is 27.5 Å². The normalized spacial score (nSPS) is 10.7. The smallest absolute Gasteiger partial charge is 0.293 e. The second-order valence-electron chi connectivity index (χ2n) is 6.26. The molecule has 1 aromatic heterocycles. The lowest BCUT2D eigenvalue weighted by Crippen LogP contribution is -2.25. The highest BCUT2D eigenvalue weighted by atomic mass is 79.9. The summed E-state index contributed by atoms with van der Waals surface area (Å²) < 4.78 is 8.19. The molecule has 0 saturated carbocycles. The van der Waals surface area contributed by atoms with Crippen LogP contribution < -0.4 is 10.3 Å². The second-order valence-corrected chi connectivity index (χ2v) is 7.58. The molecule has 0 unspecified atom stereocenters. The van der Waals surface area contributed by atoms with Gasteiger partial charge in [0.1, 0.15) is 23.5 Å². The Labute approximate surface area is 180 Å². The van der Waals surface area contributed by atoms with Crippen molar-refractivity contribution in [2.24, 2.45) is 0 Å². The van der Waals surface area contributed by atoms with E-state index in [9.17, 15) is 4.79 Å². The minimum atomic E-state index is -0.261. The van der Waals surface area contributed by atoms with Gasteiger partial charge in [0.05, 0.1) is 11.6 Å². The van der Waals surface area contributed by atoms with Gasteiger partial charge in [-0.2, -0.15) is 5.10 Å². The lowest BCUT2D eigenvalue weighted by atomic mass is 10.1. The van der Waals surface area contributed by atoms with Crippen LogP contribution in [-0.2, 0) is 6.54 Å². The summed E-state index contributed by atoms with van der Waals surface area (Å²) in [5.74, 6) is 1.16. The van der Waals surface area contributed by atoms with E-state index in [4.69, 9.17) is 16.3 Å². The summed E-state index contributed by atoms with van der Waals surface area (Å²) in [5, 5.41) is 4.60. The first-order valence-electron chi connectivity index (χ1n) is 8.79.